The van der Waals surface area contributed by atoms with Crippen LogP contribution in [0.1, 0.15) is 60.0 Å². The van der Waals surface area contributed by atoms with Gasteiger partial charge < -0.3 is 10.6 Å². The van der Waals surface area contributed by atoms with Crippen LogP contribution in [0, 0.1) is 25.7 Å². The van der Waals surface area contributed by atoms with Crippen molar-refractivity contribution in [1.82, 2.24) is 35.3 Å². The topological polar surface area (TPSA) is 130 Å². The first-order valence-corrected chi connectivity index (χ1v) is 12.3. The van der Waals surface area contributed by atoms with Gasteiger partial charge in [-0.05, 0) is 38.7 Å². The molecule has 4 rings (SSSR count). The van der Waals surface area contributed by atoms with E-state index in [0.717, 1.165) is 32.1 Å². The fraction of sp³-hybridized carbons (Fsp3) is 0.385. The van der Waals surface area contributed by atoms with Crippen LogP contribution in [0.25, 0.3) is 11.3 Å². The van der Waals surface area contributed by atoms with Crippen LogP contribution in [0.4, 0.5) is 10.2 Å². The van der Waals surface area contributed by atoms with Crippen LogP contribution in [0.2, 0.25) is 0 Å². The molecule has 3 N–H and O–H groups in total. The lowest BCUT2D eigenvalue weighted by molar-refractivity contribution is -0.119. The summed E-state index contributed by atoms with van der Waals surface area (Å²) in [5, 5.41) is 16.6. The monoisotopic (exact) mass is 506 g/mol. The molecule has 0 spiro atoms. The second kappa shape index (κ2) is 11.3. The first-order valence-electron chi connectivity index (χ1n) is 12.3. The highest BCUT2D eigenvalue weighted by Crippen LogP contribution is 2.28. The zero-order chi connectivity index (χ0) is 26.5. The summed E-state index contributed by atoms with van der Waals surface area (Å²) in [7, 11) is 0. The van der Waals surface area contributed by atoms with Crippen molar-refractivity contribution in [3.63, 3.8) is 0 Å². The summed E-state index contributed by atoms with van der Waals surface area (Å²) in [6.45, 7) is 11.0. The van der Waals surface area contributed by atoms with E-state index in [1.807, 2.05) is 0 Å². The number of halogens is 1. The number of amides is 2. The van der Waals surface area contributed by atoms with Crippen LogP contribution < -0.4 is 10.6 Å². The molecule has 0 radical (unpaired) electrons. The third kappa shape index (κ3) is 5.50. The SMILES string of the molecule is C=CC(C=C)n1nccc1C(=O)N[C@H](C(=O)Nc1cnc(-c2c(C)n[nH]c2C)c(F)n1)C1CCCCC1. The number of anilines is 1. The van der Waals surface area contributed by atoms with Gasteiger partial charge in [0, 0.05) is 17.5 Å². The van der Waals surface area contributed by atoms with Gasteiger partial charge in [0.2, 0.25) is 11.9 Å². The highest BCUT2D eigenvalue weighted by molar-refractivity contribution is 6.00. The molecule has 0 saturated heterocycles. The zero-order valence-corrected chi connectivity index (χ0v) is 21.0. The van der Waals surface area contributed by atoms with Gasteiger partial charge in [0.1, 0.15) is 17.4 Å². The number of rotatable bonds is 9. The van der Waals surface area contributed by atoms with Gasteiger partial charge in [0.15, 0.2) is 5.82 Å². The highest BCUT2D eigenvalue weighted by atomic mass is 19.1. The maximum Gasteiger partial charge on any atom is 0.270 e. The number of carbonyl (C=O) groups is 2. The van der Waals surface area contributed by atoms with Crippen molar-refractivity contribution in [2.24, 2.45) is 5.92 Å². The van der Waals surface area contributed by atoms with E-state index in [0.29, 0.717) is 17.0 Å². The van der Waals surface area contributed by atoms with Crippen LogP contribution in [0.3, 0.4) is 0 Å². The van der Waals surface area contributed by atoms with Gasteiger partial charge in [-0.1, -0.05) is 31.4 Å². The summed E-state index contributed by atoms with van der Waals surface area (Å²) >= 11 is 0. The van der Waals surface area contributed by atoms with E-state index < -0.39 is 23.8 Å². The molecule has 11 heteroatoms. The van der Waals surface area contributed by atoms with E-state index in [1.54, 1.807) is 32.1 Å². The number of aromatic amines is 1. The van der Waals surface area contributed by atoms with Crippen molar-refractivity contribution in [3.05, 3.63) is 66.8 Å². The minimum atomic E-state index is -0.843. The van der Waals surface area contributed by atoms with Crippen LogP contribution in [0.15, 0.2) is 43.8 Å². The molecule has 1 aliphatic rings. The third-order valence-corrected chi connectivity index (χ3v) is 6.70. The number of hydrogen-bond donors (Lipinski definition) is 3. The Morgan fingerprint density at radius 2 is 1.95 bits per heavy atom. The average molecular weight is 507 g/mol. The number of hydrogen-bond acceptors (Lipinski definition) is 6. The predicted octanol–water partition coefficient (Wildman–Crippen LogP) is 4.05. The lowest BCUT2D eigenvalue weighted by Crippen LogP contribution is -2.49. The normalized spacial score (nSPS) is 14.8. The molecule has 2 amide bonds. The Balaban J connectivity index is 1.56. The molecule has 1 aliphatic carbocycles. The number of H-pyrrole nitrogens is 1. The van der Waals surface area contributed by atoms with Gasteiger partial charge in [0.05, 0.1) is 17.9 Å². The number of allylic oxidation sites excluding steroid dienone is 2. The Morgan fingerprint density at radius 3 is 2.57 bits per heavy atom. The van der Waals surface area contributed by atoms with Crippen LogP contribution in [0.5, 0.6) is 0 Å². The second-order valence-electron chi connectivity index (χ2n) is 9.17. The van der Waals surface area contributed by atoms with Gasteiger partial charge >= 0.3 is 0 Å². The molecule has 3 heterocycles. The van der Waals surface area contributed by atoms with Crippen LogP contribution in [-0.4, -0.2) is 47.8 Å². The maximum atomic E-state index is 14.9. The fourth-order valence-electron chi connectivity index (χ4n) is 4.81. The summed E-state index contributed by atoms with van der Waals surface area (Å²) in [5.41, 5.74) is 2.11. The van der Waals surface area contributed by atoms with Gasteiger partial charge in [-0.3, -0.25) is 14.7 Å². The minimum Gasteiger partial charge on any atom is -0.339 e. The lowest BCUT2D eigenvalue weighted by atomic mass is 9.83. The standard InChI is InChI=1S/C26H31FN8O2/c1-5-18(6-2)35-19(12-13-29-35)25(36)32-22(17-10-8-7-9-11-17)26(37)31-20-14-28-23(24(27)30-20)21-15(3)33-34-16(21)4/h5-6,12-14,17-18,22H,1-2,7-11H2,3-4H3,(H,32,36)(H,33,34)(H,30,31,37)/t22-/m0/s1. The predicted molar refractivity (Wildman–Crippen MR) is 137 cm³/mol. The summed E-state index contributed by atoms with van der Waals surface area (Å²) in [5.74, 6) is -1.86. The number of nitrogens with zero attached hydrogens (tertiary/aromatic N) is 5. The van der Waals surface area contributed by atoms with E-state index in [9.17, 15) is 14.0 Å². The molecule has 3 aromatic heterocycles. The van der Waals surface area contributed by atoms with Crippen molar-refractivity contribution in [3.8, 4) is 11.3 Å². The van der Waals surface area contributed by atoms with Crippen LogP contribution >= 0.6 is 0 Å². The first kappa shape index (κ1) is 25.9. The van der Waals surface area contributed by atoms with Gasteiger partial charge in [-0.15, -0.1) is 13.2 Å². The molecule has 194 valence electrons. The smallest absolute Gasteiger partial charge is 0.270 e. The van der Waals surface area contributed by atoms with E-state index in [1.165, 1.54) is 17.1 Å². The molecule has 10 nitrogen and oxygen atoms in total. The van der Waals surface area contributed by atoms with E-state index in [4.69, 9.17) is 0 Å². The van der Waals surface area contributed by atoms with E-state index >= 15 is 0 Å². The van der Waals surface area contributed by atoms with Gasteiger partial charge in [-0.2, -0.15) is 19.6 Å². The first-order chi connectivity index (χ1) is 17.8. The number of aryl methyl sites for hydroxylation is 2. The molecule has 0 aromatic carbocycles. The zero-order valence-electron chi connectivity index (χ0n) is 21.0. The number of nitrogens with one attached hydrogen (secondary N) is 3. The average Bonchev–Trinajstić information content (AvgIpc) is 3.51. The largest absolute Gasteiger partial charge is 0.339 e. The Hall–Kier alpha value is -4.15. The molecule has 0 unspecified atom stereocenters. The van der Waals surface area contributed by atoms with E-state index in [2.05, 4.69) is 49.1 Å². The van der Waals surface area contributed by atoms with Gasteiger partial charge in [-0.25, -0.2) is 9.67 Å². The molecule has 3 aromatic rings. The summed E-state index contributed by atoms with van der Waals surface area (Å²) in [6.07, 6.45) is 10.6. The molecule has 1 saturated carbocycles. The van der Waals surface area contributed by atoms with Crippen molar-refractivity contribution in [1.29, 1.82) is 0 Å². The molecule has 1 fully saturated rings. The number of aromatic nitrogens is 6. The highest BCUT2D eigenvalue weighted by Gasteiger charge is 2.32. The lowest BCUT2D eigenvalue weighted by Gasteiger charge is -2.30. The minimum absolute atomic E-state index is 0.0384. The molecular formula is C26H31FN8O2. The summed E-state index contributed by atoms with van der Waals surface area (Å²) in [4.78, 5) is 34.7. The fourth-order valence-corrected chi connectivity index (χ4v) is 4.81. The van der Waals surface area contributed by atoms with Crippen molar-refractivity contribution in [2.45, 2.75) is 58.0 Å². The Labute approximate surface area is 214 Å². The molecule has 0 bridgehead atoms. The van der Waals surface area contributed by atoms with Crippen LogP contribution in [-0.2, 0) is 4.79 Å². The molecule has 0 aliphatic heterocycles. The summed E-state index contributed by atoms with van der Waals surface area (Å²) < 4.78 is 16.4. The number of carbonyl (C=O) groups excluding carboxylic acids is 2. The van der Waals surface area contributed by atoms with Gasteiger partial charge in [0.25, 0.3) is 5.91 Å². The third-order valence-electron chi connectivity index (χ3n) is 6.70. The Morgan fingerprint density at radius 1 is 1.22 bits per heavy atom. The van der Waals surface area contributed by atoms with Crippen molar-refractivity contribution >= 4 is 17.6 Å². The van der Waals surface area contributed by atoms with Crippen molar-refractivity contribution in [2.75, 3.05) is 5.32 Å². The molecular weight excluding hydrogens is 475 g/mol. The Bertz CT molecular complexity index is 1280. The molecule has 1 atom stereocenters. The van der Waals surface area contributed by atoms with Crippen molar-refractivity contribution < 1.29 is 14.0 Å². The quantitative estimate of drug-likeness (QED) is 0.375. The Kier molecular flexibility index (Phi) is 7.90. The van der Waals surface area contributed by atoms with E-state index in [-0.39, 0.29) is 29.2 Å². The molecule has 37 heavy (non-hydrogen) atoms. The maximum absolute atomic E-state index is 14.9. The summed E-state index contributed by atoms with van der Waals surface area (Å²) in [6, 6.07) is 0.354. The second-order valence-corrected chi connectivity index (χ2v) is 9.17.